The van der Waals surface area contributed by atoms with Crippen LogP contribution in [-0.2, 0) is 24.3 Å². The lowest BCUT2D eigenvalue weighted by molar-refractivity contribution is -0.135. The van der Waals surface area contributed by atoms with E-state index in [0.29, 0.717) is 23.5 Å². The van der Waals surface area contributed by atoms with Gasteiger partial charge in [0.25, 0.3) is 0 Å². The van der Waals surface area contributed by atoms with Crippen LogP contribution in [0.3, 0.4) is 0 Å². The molecule has 2 N–H and O–H groups in total. The van der Waals surface area contributed by atoms with E-state index in [0.717, 1.165) is 17.7 Å². The van der Waals surface area contributed by atoms with Gasteiger partial charge in [0.15, 0.2) is 0 Å². The molecule has 0 saturated heterocycles. The van der Waals surface area contributed by atoms with Crippen molar-refractivity contribution < 1.29 is 14.3 Å². The highest BCUT2D eigenvalue weighted by Crippen LogP contribution is 2.19. The van der Waals surface area contributed by atoms with Gasteiger partial charge in [-0.05, 0) is 53.4 Å². The van der Waals surface area contributed by atoms with Crippen molar-refractivity contribution in [2.24, 2.45) is 5.73 Å². The number of nitrogens with zero attached hydrogens (tertiary/aromatic N) is 5. The van der Waals surface area contributed by atoms with Crippen LogP contribution >= 0.6 is 11.3 Å². The number of benzene rings is 2. The molecule has 2 heterocycles. The molecule has 2 amide bonds. The first-order valence-corrected chi connectivity index (χ1v) is 11.9. The predicted octanol–water partition coefficient (Wildman–Crippen LogP) is 3.17. The number of aromatic nitrogens is 4. The number of carbonyl (C=O) groups excluding carboxylic acids is 2. The van der Waals surface area contributed by atoms with Crippen molar-refractivity contribution in [3.8, 4) is 17.1 Å². The Morgan fingerprint density at radius 1 is 1.11 bits per heavy atom. The van der Waals surface area contributed by atoms with Crippen molar-refractivity contribution in [3.63, 3.8) is 0 Å². The highest BCUT2D eigenvalue weighted by atomic mass is 32.1. The molecular weight excluding hydrogens is 464 g/mol. The molecule has 0 unspecified atom stereocenters. The normalized spacial score (nSPS) is 11.7. The van der Waals surface area contributed by atoms with Gasteiger partial charge in [0.05, 0.1) is 7.11 Å². The topological polar surface area (TPSA) is 116 Å². The number of methoxy groups -OCH3 is 1. The maximum Gasteiger partial charge on any atom is 0.248 e. The molecule has 9 nitrogen and oxygen atoms in total. The Morgan fingerprint density at radius 2 is 1.86 bits per heavy atom. The Morgan fingerprint density at radius 3 is 2.49 bits per heavy atom. The Labute approximate surface area is 207 Å². The van der Waals surface area contributed by atoms with Gasteiger partial charge in [0, 0.05) is 35.0 Å². The lowest BCUT2D eigenvalue weighted by Crippen LogP contribution is -2.41. The van der Waals surface area contributed by atoms with Crippen LogP contribution in [0.5, 0.6) is 5.75 Å². The molecule has 1 atom stereocenters. The minimum atomic E-state index is -0.507. The van der Waals surface area contributed by atoms with Gasteiger partial charge in [0.2, 0.25) is 17.6 Å². The Kier molecular flexibility index (Phi) is 7.51. The van der Waals surface area contributed by atoms with E-state index in [9.17, 15) is 9.59 Å². The van der Waals surface area contributed by atoms with Gasteiger partial charge in [-0.1, -0.05) is 30.3 Å². The lowest BCUT2D eigenvalue weighted by Gasteiger charge is -2.29. The third kappa shape index (κ3) is 6.10. The van der Waals surface area contributed by atoms with Crippen LogP contribution in [0, 0.1) is 0 Å². The fourth-order valence-electron chi connectivity index (χ4n) is 3.67. The molecule has 4 rings (SSSR count). The van der Waals surface area contributed by atoms with Crippen molar-refractivity contribution in [2.45, 2.75) is 32.5 Å². The predicted molar refractivity (Wildman–Crippen MR) is 133 cm³/mol. The third-order valence-corrected chi connectivity index (χ3v) is 6.50. The minimum absolute atomic E-state index is 0.0346. The second-order valence-electron chi connectivity index (χ2n) is 8.09. The summed E-state index contributed by atoms with van der Waals surface area (Å²) in [5.41, 5.74) is 7.36. The number of hydrogen-bond acceptors (Lipinski definition) is 7. The number of tetrazole rings is 1. The maximum atomic E-state index is 13.4. The summed E-state index contributed by atoms with van der Waals surface area (Å²) >= 11 is 1.68. The SMILES string of the molecule is COc1ccc(CN(C(=O)Cn2nnc(-c3ccc(C(N)=O)cc3)n2)[C@H](C)Cc2cccs2)cc1. The number of nitrogens with two attached hydrogens (primary N) is 1. The van der Waals surface area contributed by atoms with Crippen LogP contribution in [0.15, 0.2) is 66.0 Å². The van der Waals surface area contributed by atoms with Gasteiger partial charge in [0.1, 0.15) is 12.3 Å². The standard InChI is InChI=1S/C25H26N6O3S/c1-17(14-22-4-3-13-35-22)30(15-18-5-11-21(34-2)12-6-18)23(32)16-31-28-25(27-29-31)20-9-7-19(8-10-20)24(26)33/h3-13,17H,14-16H2,1-2H3,(H2,26,33)/t17-/m1/s1. The summed E-state index contributed by atoms with van der Waals surface area (Å²) in [6.07, 6.45) is 0.752. The molecule has 0 aliphatic heterocycles. The first-order valence-electron chi connectivity index (χ1n) is 11.1. The summed E-state index contributed by atoms with van der Waals surface area (Å²) in [6, 6.07) is 18.3. The Bertz CT molecular complexity index is 1270. The zero-order valence-electron chi connectivity index (χ0n) is 19.5. The van der Waals surface area contributed by atoms with Crippen LogP contribution in [0.2, 0.25) is 0 Å². The van der Waals surface area contributed by atoms with Gasteiger partial charge >= 0.3 is 0 Å². The minimum Gasteiger partial charge on any atom is -0.497 e. The summed E-state index contributed by atoms with van der Waals surface area (Å²) < 4.78 is 5.25. The van der Waals surface area contributed by atoms with Gasteiger partial charge in [-0.2, -0.15) is 4.80 Å². The molecule has 2 aromatic carbocycles. The number of amides is 2. The van der Waals surface area contributed by atoms with E-state index in [1.54, 1.807) is 42.7 Å². The molecule has 35 heavy (non-hydrogen) atoms. The average Bonchev–Trinajstić information content (AvgIpc) is 3.55. The number of thiophene rings is 1. The van der Waals surface area contributed by atoms with Gasteiger partial charge in [-0.15, -0.1) is 21.5 Å². The molecule has 10 heteroatoms. The summed E-state index contributed by atoms with van der Waals surface area (Å²) in [5, 5.41) is 14.5. The molecule has 0 fully saturated rings. The van der Waals surface area contributed by atoms with Crippen LogP contribution in [-0.4, -0.2) is 50.1 Å². The Hall–Kier alpha value is -4.05. The van der Waals surface area contributed by atoms with E-state index in [-0.39, 0.29) is 18.5 Å². The van der Waals surface area contributed by atoms with Crippen LogP contribution in [0.4, 0.5) is 0 Å². The number of ether oxygens (including phenoxy) is 1. The van der Waals surface area contributed by atoms with Crippen LogP contribution in [0.1, 0.15) is 27.7 Å². The van der Waals surface area contributed by atoms with E-state index in [4.69, 9.17) is 10.5 Å². The molecular formula is C25H26N6O3S. The summed E-state index contributed by atoms with van der Waals surface area (Å²) in [6.45, 7) is 2.45. The van der Waals surface area contributed by atoms with Crippen LogP contribution < -0.4 is 10.5 Å². The summed E-state index contributed by atoms with van der Waals surface area (Å²) in [4.78, 5) is 29.0. The van der Waals surface area contributed by atoms with E-state index < -0.39 is 5.91 Å². The van der Waals surface area contributed by atoms with Gasteiger partial charge < -0.3 is 15.4 Å². The molecule has 0 spiro atoms. The molecule has 0 bridgehead atoms. The number of primary amides is 1. The smallest absolute Gasteiger partial charge is 0.248 e. The molecule has 180 valence electrons. The maximum absolute atomic E-state index is 13.4. The third-order valence-electron chi connectivity index (χ3n) is 5.60. The van der Waals surface area contributed by atoms with Crippen molar-refractivity contribution in [1.82, 2.24) is 25.1 Å². The fraction of sp³-hybridized carbons (Fsp3) is 0.240. The van der Waals surface area contributed by atoms with Gasteiger partial charge in [-0.25, -0.2) is 0 Å². The first-order chi connectivity index (χ1) is 16.9. The van der Waals surface area contributed by atoms with E-state index >= 15 is 0 Å². The molecule has 0 saturated carbocycles. The van der Waals surface area contributed by atoms with Gasteiger partial charge in [-0.3, -0.25) is 9.59 Å². The lowest BCUT2D eigenvalue weighted by atomic mass is 10.1. The zero-order chi connectivity index (χ0) is 24.8. The van der Waals surface area contributed by atoms with E-state index in [1.807, 2.05) is 47.5 Å². The zero-order valence-corrected chi connectivity index (χ0v) is 20.3. The van der Waals surface area contributed by atoms with E-state index in [2.05, 4.69) is 21.5 Å². The molecule has 0 aliphatic rings. The second-order valence-corrected chi connectivity index (χ2v) is 9.12. The fourth-order valence-corrected chi connectivity index (χ4v) is 4.50. The summed E-state index contributed by atoms with van der Waals surface area (Å²) in [7, 11) is 1.62. The largest absolute Gasteiger partial charge is 0.497 e. The molecule has 0 radical (unpaired) electrons. The second kappa shape index (κ2) is 10.9. The van der Waals surface area contributed by atoms with E-state index in [1.165, 1.54) is 9.67 Å². The van der Waals surface area contributed by atoms with Crippen LogP contribution in [0.25, 0.3) is 11.4 Å². The average molecular weight is 491 g/mol. The first kappa shape index (κ1) is 24.1. The van der Waals surface area contributed by atoms with Crippen molar-refractivity contribution in [3.05, 3.63) is 82.0 Å². The number of hydrogen-bond donors (Lipinski definition) is 1. The summed E-state index contributed by atoms with van der Waals surface area (Å²) in [5.74, 6) is 0.508. The molecule has 4 aromatic rings. The highest BCUT2D eigenvalue weighted by molar-refractivity contribution is 7.09. The number of carbonyl (C=O) groups is 2. The van der Waals surface area contributed by atoms with Crippen molar-refractivity contribution >= 4 is 23.2 Å². The number of rotatable bonds is 10. The van der Waals surface area contributed by atoms with Crippen molar-refractivity contribution in [2.75, 3.05) is 7.11 Å². The Balaban J connectivity index is 1.50. The highest BCUT2D eigenvalue weighted by Gasteiger charge is 2.23. The quantitative estimate of drug-likeness (QED) is 0.365. The monoisotopic (exact) mass is 490 g/mol. The molecule has 2 aromatic heterocycles. The molecule has 0 aliphatic carbocycles. The van der Waals surface area contributed by atoms with Crippen molar-refractivity contribution in [1.29, 1.82) is 0 Å².